The zero-order valence-electron chi connectivity index (χ0n) is 16.6. The summed E-state index contributed by atoms with van der Waals surface area (Å²) in [5, 5.41) is 0. The first-order chi connectivity index (χ1) is 14.0. The second kappa shape index (κ2) is 8.32. The van der Waals surface area contributed by atoms with Gasteiger partial charge in [0.05, 0.1) is 11.4 Å². The fourth-order valence-electron chi connectivity index (χ4n) is 3.63. The number of thiophene rings is 1. The Hall–Kier alpha value is -2.74. The Kier molecular flexibility index (Phi) is 5.62. The number of nitrogens with zero attached hydrogens (tertiary/aromatic N) is 1. The standard InChI is InChI=1S/C21H25N3O4S/c1-13-7-8-18-14(9-13)10-19(29-18)20(25)22-23-21(26)24(2)11-15-12-27-16-5-3-4-6-17(16)28-15/h3-6,10,13,15H,7-9,11-12H2,1-2H3,(H,22,25)(H,23,26)/t13-,15+/m0/s1. The summed E-state index contributed by atoms with van der Waals surface area (Å²) < 4.78 is 11.5. The van der Waals surface area contributed by atoms with Gasteiger partial charge in [-0.05, 0) is 48.9 Å². The van der Waals surface area contributed by atoms with Gasteiger partial charge < -0.3 is 14.4 Å². The number of likely N-dealkylation sites (N-methyl/N-ethyl adjacent to an activating group) is 1. The molecular formula is C21H25N3O4S. The molecule has 2 N–H and O–H groups in total. The van der Waals surface area contributed by atoms with Gasteiger partial charge in [0.2, 0.25) is 0 Å². The zero-order chi connectivity index (χ0) is 20.4. The maximum absolute atomic E-state index is 12.4. The van der Waals surface area contributed by atoms with Crippen LogP contribution in [0.1, 0.15) is 33.5 Å². The third-order valence-electron chi connectivity index (χ3n) is 5.23. The van der Waals surface area contributed by atoms with Crippen LogP contribution in [0.25, 0.3) is 0 Å². The minimum Gasteiger partial charge on any atom is -0.486 e. The summed E-state index contributed by atoms with van der Waals surface area (Å²) in [7, 11) is 1.65. The van der Waals surface area contributed by atoms with E-state index in [1.54, 1.807) is 7.05 Å². The second-order valence-corrected chi connectivity index (χ2v) is 8.81. The molecule has 2 aromatic rings. The number of urea groups is 1. The molecule has 0 unspecified atom stereocenters. The molecule has 0 spiro atoms. The Labute approximate surface area is 174 Å². The highest BCUT2D eigenvalue weighted by Crippen LogP contribution is 2.32. The molecule has 1 aromatic carbocycles. The first kappa shape index (κ1) is 19.6. The van der Waals surface area contributed by atoms with E-state index in [4.69, 9.17) is 9.47 Å². The van der Waals surface area contributed by atoms with Gasteiger partial charge in [0, 0.05) is 11.9 Å². The van der Waals surface area contributed by atoms with Crippen molar-refractivity contribution in [1.29, 1.82) is 0 Å². The number of nitrogens with one attached hydrogen (secondary N) is 2. The van der Waals surface area contributed by atoms with E-state index in [9.17, 15) is 9.59 Å². The Morgan fingerprint density at radius 3 is 2.86 bits per heavy atom. The SMILES string of the molecule is C[C@H]1CCc2sc(C(=O)NNC(=O)N(C)C[C@@H]3COc4ccccc4O3)cc2C1. The van der Waals surface area contributed by atoms with E-state index >= 15 is 0 Å². The largest absolute Gasteiger partial charge is 0.486 e. The first-order valence-electron chi connectivity index (χ1n) is 9.81. The molecule has 0 saturated carbocycles. The van der Waals surface area contributed by atoms with Crippen molar-refractivity contribution in [2.45, 2.75) is 32.3 Å². The number of carbonyl (C=O) groups excluding carboxylic acids is 2. The van der Waals surface area contributed by atoms with Crippen molar-refractivity contribution in [1.82, 2.24) is 15.8 Å². The van der Waals surface area contributed by atoms with Gasteiger partial charge in [0.15, 0.2) is 17.6 Å². The maximum atomic E-state index is 12.4. The molecule has 8 heteroatoms. The number of fused-ring (bicyclic) bond motifs is 2. The number of hydrogen-bond acceptors (Lipinski definition) is 5. The monoisotopic (exact) mass is 415 g/mol. The highest BCUT2D eigenvalue weighted by molar-refractivity contribution is 7.14. The van der Waals surface area contributed by atoms with Gasteiger partial charge in [0.1, 0.15) is 6.61 Å². The Balaban J connectivity index is 1.27. The quantitative estimate of drug-likeness (QED) is 0.756. The molecule has 3 amide bonds. The summed E-state index contributed by atoms with van der Waals surface area (Å²) in [6, 6.07) is 8.99. The summed E-state index contributed by atoms with van der Waals surface area (Å²) >= 11 is 1.51. The molecule has 2 aliphatic rings. The van der Waals surface area contributed by atoms with Crippen molar-refractivity contribution in [2.75, 3.05) is 20.2 Å². The van der Waals surface area contributed by atoms with E-state index in [0.717, 1.165) is 19.3 Å². The molecule has 0 radical (unpaired) electrons. The van der Waals surface area contributed by atoms with Gasteiger partial charge in [0.25, 0.3) is 5.91 Å². The zero-order valence-corrected chi connectivity index (χ0v) is 17.4. The van der Waals surface area contributed by atoms with Crippen LogP contribution in [-0.2, 0) is 12.8 Å². The van der Waals surface area contributed by atoms with E-state index in [2.05, 4.69) is 17.8 Å². The number of hydrazine groups is 1. The van der Waals surface area contributed by atoms with Crippen LogP contribution in [0.15, 0.2) is 30.3 Å². The molecule has 2 heterocycles. The van der Waals surface area contributed by atoms with Crippen LogP contribution in [0.2, 0.25) is 0 Å². The summed E-state index contributed by atoms with van der Waals surface area (Å²) in [4.78, 5) is 28.1. The Morgan fingerprint density at radius 2 is 2.03 bits per heavy atom. The highest BCUT2D eigenvalue weighted by atomic mass is 32.1. The number of carbonyl (C=O) groups is 2. The summed E-state index contributed by atoms with van der Waals surface area (Å²) in [6.07, 6.45) is 2.92. The lowest BCUT2D eigenvalue weighted by Gasteiger charge is -2.29. The van der Waals surface area contributed by atoms with Crippen LogP contribution in [0, 0.1) is 5.92 Å². The average Bonchev–Trinajstić information content (AvgIpc) is 3.15. The van der Waals surface area contributed by atoms with Crippen molar-refractivity contribution in [2.24, 2.45) is 5.92 Å². The number of amides is 3. The average molecular weight is 416 g/mol. The third kappa shape index (κ3) is 4.48. The number of aryl methyl sites for hydroxylation is 1. The normalized spacial score (nSPS) is 19.8. The van der Waals surface area contributed by atoms with E-state index in [0.29, 0.717) is 35.4 Å². The molecule has 1 aliphatic carbocycles. The van der Waals surface area contributed by atoms with Crippen LogP contribution in [-0.4, -0.2) is 43.1 Å². The predicted molar refractivity (Wildman–Crippen MR) is 110 cm³/mol. The fourth-order valence-corrected chi connectivity index (χ4v) is 4.73. The molecule has 154 valence electrons. The van der Waals surface area contributed by atoms with Gasteiger partial charge in [-0.15, -0.1) is 11.3 Å². The van der Waals surface area contributed by atoms with E-state index in [-0.39, 0.29) is 12.0 Å². The molecule has 2 atom stereocenters. The maximum Gasteiger partial charge on any atom is 0.335 e. The van der Waals surface area contributed by atoms with Gasteiger partial charge in [-0.2, -0.15) is 0 Å². The summed E-state index contributed by atoms with van der Waals surface area (Å²) in [6.45, 7) is 2.93. The molecular weight excluding hydrogens is 390 g/mol. The second-order valence-electron chi connectivity index (χ2n) is 7.67. The van der Waals surface area contributed by atoms with Gasteiger partial charge in [-0.3, -0.25) is 10.2 Å². The van der Waals surface area contributed by atoms with Crippen LogP contribution in [0.3, 0.4) is 0 Å². The number of benzene rings is 1. The van der Waals surface area contributed by atoms with Crippen LogP contribution < -0.4 is 20.3 Å². The molecule has 1 aromatic heterocycles. The highest BCUT2D eigenvalue weighted by Gasteiger charge is 2.24. The minimum absolute atomic E-state index is 0.276. The molecule has 4 rings (SSSR count). The molecule has 7 nitrogen and oxygen atoms in total. The molecule has 0 fully saturated rings. The third-order valence-corrected chi connectivity index (χ3v) is 6.46. The lowest BCUT2D eigenvalue weighted by atomic mass is 9.90. The van der Waals surface area contributed by atoms with E-state index < -0.39 is 6.03 Å². The van der Waals surface area contributed by atoms with Crippen LogP contribution in [0.4, 0.5) is 4.79 Å². The molecule has 0 bridgehead atoms. The number of ether oxygens (including phenoxy) is 2. The van der Waals surface area contributed by atoms with Crippen molar-refractivity contribution in [3.8, 4) is 11.5 Å². The number of hydrogen-bond donors (Lipinski definition) is 2. The van der Waals surface area contributed by atoms with Gasteiger partial charge in [-0.25, -0.2) is 10.2 Å². The summed E-state index contributed by atoms with van der Waals surface area (Å²) in [5.74, 6) is 1.74. The molecule has 1 aliphatic heterocycles. The number of rotatable bonds is 3. The van der Waals surface area contributed by atoms with E-state index in [1.165, 1.54) is 26.7 Å². The first-order valence-corrected chi connectivity index (χ1v) is 10.6. The lowest BCUT2D eigenvalue weighted by molar-refractivity contribution is 0.0706. The topological polar surface area (TPSA) is 79.9 Å². The van der Waals surface area contributed by atoms with Gasteiger partial charge >= 0.3 is 6.03 Å². The van der Waals surface area contributed by atoms with Crippen molar-refractivity contribution in [3.63, 3.8) is 0 Å². The Morgan fingerprint density at radius 1 is 1.24 bits per heavy atom. The van der Waals surface area contributed by atoms with Crippen LogP contribution >= 0.6 is 11.3 Å². The van der Waals surface area contributed by atoms with Crippen molar-refractivity contribution < 1.29 is 19.1 Å². The van der Waals surface area contributed by atoms with Crippen LogP contribution in [0.5, 0.6) is 11.5 Å². The predicted octanol–water partition coefficient (Wildman–Crippen LogP) is 3.00. The summed E-state index contributed by atoms with van der Waals surface area (Å²) in [5.41, 5.74) is 6.25. The van der Waals surface area contributed by atoms with Crippen molar-refractivity contribution in [3.05, 3.63) is 45.6 Å². The van der Waals surface area contributed by atoms with Gasteiger partial charge in [-0.1, -0.05) is 19.1 Å². The Bertz CT molecular complexity index is 913. The number of para-hydroxylation sites is 2. The van der Waals surface area contributed by atoms with E-state index in [1.807, 2.05) is 30.3 Å². The molecule has 29 heavy (non-hydrogen) atoms. The smallest absolute Gasteiger partial charge is 0.335 e. The molecule has 0 saturated heterocycles. The van der Waals surface area contributed by atoms with Crippen molar-refractivity contribution >= 4 is 23.3 Å². The lowest BCUT2D eigenvalue weighted by Crippen LogP contribution is -2.50. The minimum atomic E-state index is -0.407. The fraction of sp³-hybridized carbons (Fsp3) is 0.429.